The van der Waals surface area contributed by atoms with E-state index in [1.165, 1.54) is 11.8 Å². The summed E-state index contributed by atoms with van der Waals surface area (Å²) in [6.45, 7) is 3.87. The summed E-state index contributed by atoms with van der Waals surface area (Å²) in [7, 11) is 1.58. The van der Waals surface area contributed by atoms with Crippen LogP contribution in [0.4, 0.5) is 5.69 Å². The number of methoxy groups -OCH3 is 1. The summed E-state index contributed by atoms with van der Waals surface area (Å²) in [6, 6.07) is 11.2. The van der Waals surface area contributed by atoms with Crippen molar-refractivity contribution < 1.29 is 13.9 Å². The van der Waals surface area contributed by atoms with Crippen molar-refractivity contribution >= 4 is 40.0 Å². The van der Waals surface area contributed by atoms with Crippen molar-refractivity contribution in [2.24, 2.45) is 0 Å². The Labute approximate surface area is 166 Å². The standard InChI is InChI=1S/C20H20N4O3S/c1-4-18(19(25)21-13-7-5-6-8-16(13)26-3)28-20-15-11-17-14(9-10-27-17)24(15)12(2)22-23-20/h5-11,18H,4H2,1-3H3,(H,21,25)/t18-/m1/s1. The second kappa shape index (κ2) is 7.55. The molecule has 8 heteroatoms. The zero-order valence-electron chi connectivity index (χ0n) is 15.8. The molecule has 0 saturated carbocycles. The zero-order chi connectivity index (χ0) is 19.7. The van der Waals surface area contributed by atoms with Crippen LogP contribution in [-0.4, -0.2) is 32.9 Å². The van der Waals surface area contributed by atoms with Crippen LogP contribution in [0.3, 0.4) is 0 Å². The molecule has 0 aliphatic heterocycles. The molecule has 1 atom stereocenters. The van der Waals surface area contributed by atoms with Crippen molar-refractivity contribution in [1.29, 1.82) is 0 Å². The summed E-state index contributed by atoms with van der Waals surface area (Å²) in [5.74, 6) is 1.29. The molecule has 0 aliphatic carbocycles. The summed E-state index contributed by atoms with van der Waals surface area (Å²) in [5, 5.41) is 11.9. The molecule has 0 saturated heterocycles. The molecule has 0 aliphatic rings. The second-order valence-corrected chi connectivity index (χ2v) is 7.48. The number of ether oxygens (including phenoxy) is 1. The fraction of sp³-hybridized carbons (Fsp3) is 0.250. The van der Waals surface area contributed by atoms with Gasteiger partial charge in [-0.15, -0.1) is 10.2 Å². The van der Waals surface area contributed by atoms with Crippen LogP contribution in [0.5, 0.6) is 5.75 Å². The lowest BCUT2D eigenvalue weighted by Gasteiger charge is -2.16. The summed E-state index contributed by atoms with van der Waals surface area (Å²) in [5.41, 5.74) is 3.24. The molecule has 4 rings (SSSR count). The number of furan rings is 1. The van der Waals surface area contributed by atoms with E-state index < -0.39 is 0 Å². The van der Waals surface area contributed by atoms with Gasteiger partial charge in [0.15, 0.2) is 5.58 Å². The normalized spacial score (nSPS) is 12.4. The lowest BCUT2D eigenvalue weighted by atomic mass is 10.2. The van der Waals surface area contributed by atoms with E-state index >= 15 is 0 Å². The quantitative estimate of drug-likeness (QED) is 0.489. The summed E-state index contributed by atoms with van der Waals surface area (Å²) in [4.78, 5) is 12.9. The average molecular weight is 396 g/mol. The molecule has 1 amide bonds. The Kier molecular flexibility index (Phi) is 4.95. The highest BCUT2D eigenvalue weighted by Crippen LogP contribution is 2.33. The van der Waals surface area contributed by atoms with Gasteiger partial charge in [-0.1, -0.05) is 30.8 Å². The van der Waals surface area contributed by atoms with E-state index in [1.807, 2.05) is 54.6 Å². The minimum atomic E-state index is -0.327. The van der Waals surface area contributed by atoms with Gasteiger partial charge in [0.25, 0.3) is 0 Å². The molecule has 4 aromatic rings. The van der Waals surface area contributed by atoms with E-state index in [9.17, 15) is 4.79 Å². The molecule has 3 aromatic heterocycles. The van der Waals surface area contributed by atoms with E-state index in [0.29, 0.717) is 22.9 Å². The number of fused-ring (bicyclic) bond motifs is 3. The molecular weight excluding hydrogens is 376 g/mol. The van der Waals surface area contributed by atoms with Crippen molar-refractivity contribution in [1.82, 2.24) is 14.6 Å². The van der Waals surface area contributed by atoms with Crippen LogP contribution >= 0.6 is 11.8 Å². The van der Waals surface area contributed by atoms with Crippen LogP contribution in [0.15, 0.2) is 52.1 Å². The first kappa shape index (κ1) is 18.4. The second-order valence-electron chi connectivity index (χ2n) is 6.29. The minimum absolute atomic E-state index is 0.104. The number of carbonyl (C=O) groups excluding carboxylic acids is 1. The molecule has 0 radical (unpaired) electrons. The van der Waals surface area contributed by atoms with Crippen molar-refractivity contribution in [3.05, 3.63) is 48.5 Å². The van der Waals surface area contributed by atoms with Gasteiger partial charge >= 0.3 is 0 Å². The van der Waals surface area contributed by atoms with E-state index in [2.05, 4.69) is 15.5 Å². The van der Waals surface area contributed by atoms with Crippen LogP contribution in [0.25, 0.3) is 16.6 Å². The zero-order valence-corrected chi connectivity index (χ0v) is 16.6. The lowest BCUT2D eigenvalue weighted by Crippen LogP contribution is -2.25. The maximum absolute atomic E-state index is 12.9. The van der Waals surface area contributed by atoms with Gasteiger partial charge < -0.3 is 14.5 Å². The third-order valence-electron chi connectivity index (χ3n) is 4.53. The first-order valence-corrected chi connectivity index (χ1v) is 9.82. The highest BCUT2D eigenvalue weighted by Gasteiger charge is 2.23. The Morgan fingerprint density at radius 2 is 2.11 bits per heavy atom. The molecule has 0 spiro atoms. The van der Waals surface area contributed by atoms with Crippen molar-refractivity contribution in [3.63, 3.8) is 0 Å². The Bertz CT molecular complexity index is 1150. The number of aromatic nitrogens is 3. The Morgan fingerprint density at radius 1 is 1.29 bits per heavy atom. The molecule has 144 valence electrons. The van der Waals surface area contributed by atoms with E-state index in [0.717, 1.165) is 22.4 Å². The van der Waals surface area contributed by atoms with Gasteiger partial charge in [0, 0.05) is 12.1 Å². The minimum Gasteiger partial charge on any atom is -0.495 e. The van der Waals surface area contributed by atoms with E-state index in [1.54, 1.807) is 13.4 Å². The summed E-state index contributed by atoms with van der Waals surface area (Å²) < 4.78 is 12.8. The molecule has 0 fully saturated rings. The molecule has 1 aromatic carbocycles. The molecule has 1 N–H and O–H groups in total. The topological polar surface area (TPSA) is 81.7 Å². The average Bonchev–Trinajstić information content (AvgIpc) is 3.29. The first-order chi connectivity index (χ1) is 13.6. The number of nitrogens with one attached hydrogen (secondary N) is 1. The van der Waals surface area contributed by atoms with Crippen molar-refractivity contribution in [2.45, 2.75) is 30.5 Å². The van der Waals surface area contributed by atoms with Gasteiger partial charge in [-0.3, -0.25) is 9.20 Å². The molecule has 0 bridgehead atoms. The first-order valence-electron chi connectivity index (χ1n) is 8.94. The van der Waals surface area contributed by atoms with Crippen molar-refractivity contribution in [2.75, 3.05) is 12.4 Å². The number of para-hydroxylation sites is 2. The van der Waals surface area contributed by atoms with Gasteiger partial charge in [0.1, 0.15) is 16.6 Å². The highest BCUT2D eigenvalue weighted by atomic mass is 32.2. The number of amides is 1. The number of hydrogen-bond acceptors (Lipinski definition) is 6. The maximum Gasteiger partial charge on any atom is 0.238 e. The van der Waals surface area contributed by atoms with E-state index in [4.69, 9.17) is 9.15 Å². The smallest absolute Gasteiger partial charge is 0.238 e. The summed E-state index contributed by atoms with van der Waals surface area (Å²) in [6.07, 6.45) is 2.30. The number of thioether (sulfide) groups is 1. The lowest BCUT2D eigenvalue weighted by molar-refractivity contribution is -0.115. The molecule has 7 nitrogen and oxygen atoms in total. The molecule has 3 heterocycles. The molecule has 0 unspecified atom stereocenters. The van der Waals surface area contributed by atoms with Crippen LogP contribution in [0, 0.1) is 6.92 Å². The highest BCUT2D eigenvalue weighted by molar-refractivity contribution is 8.00. The Morgan fingerprint density at radius 3 is 2.89 bits per heavy atom. The number of aryl methyl sites for hydroxylation is 1. The fourth-order valence-electron chi connectivity index (χ4n) is 3.15. The maximum atomic E-state index is 12.9. The number of benzene rings is 1. The van der Waals surface area contributed by atoms with Gasteiger partial charge in [-0.25, -0.2) is 0 Å². The van der Waals surface area contributed by atoms with Gasteiger partial charge in [0.05, 0.1) is 35.3 Å². The number of nitrogens with zero attached hydrogens (tertiary/aromatic N) is 3. The van der Waals surface area contributed by atoms with Crippen molar-refractivity contribution in [3.8, 4) is 5.75 Å². The summed E-state index contributed by atoms with van der Waals surface area (Å²) >= 11 is 1.40. The molecular formula is C20H20N4O3S. The van der Waals surface area contributed by atoms with Gasteiger partial charge in [0.2, 0.25) is 5.91 Å². The number of hydrogen-bond donors (Lipinski definition) is 1. The monoisotopic (exact) mass is 396 g/mol. The van der Waals surface area contributed by atoms with Gasteiger partial charge in [-0.2, -0.15) is 0 Å². The number of anilines is 1. The van der Waals surface area contributed by atoms with Crippen LogP contribution in [0.2, 0.25) is 0 Å². The number of rotatable bonds is 6. The predicted octanol–water partition coefficient (Wildman–Crippen LogP) is 4.30. The number of carbonyl (C=O) groups is 1. The van der Waals surface area contributed by atoms with Crippen LogP contribution in [0.1, 0.15) is 19.2 Å². The van der Waals surface area contributed by atoms with Crippen LogP contribution < -0.4 is 10.1 Å². The van der Waals surface area contributed by atoms with Gasteiger partial charge in [-0.05, 0) is 25.5 Å². The largest absolute Gasteiger partial charge is 0.495 e. The predicted molar refractivity (Wildman–Crippen MR) is 109 cm³/mol. The SMILES string of the molecule is CC[C@@H](Sc1nnc(C)n2c1cc1occc12)C(=O)Nc1ccccc1OC. The van der Waals surface area contributed by atoms with E-state index in [-0.39, 0.29) is 11.2 Å². The third-order valence-corrected chi connectivity index (χ3v) is 5.88. The van der Waals surface area contributed by atoms with Crippen LogP contribution in [-0.2, 0) is 4.79 Å². The molecule has 28 heavy (non-hydrogen) atoms. The Hall–Kier alpha value is -3.00. The Balaban J connectivity index is 1.63. The third kappa shape index (κ3) is 3.20. The fourth-order valence-corrected chi connectivity index (χ4v) is 4.11.